The number of hydrogen-bond donors (Lipinski definition) is 2. The third-order valence-corrected chi connectivity index (χ3v) is 3.11. The molecule has 0 spiro atoms. The van der Waals surface area contributed by atoms with Crippen molar-refractivity contribution >= 4 is 29.0 Å². The normalized spacial score (nSPS) is 10.1. The lowest BCUT2D eigenvalue weighted by Crippen LogP contribution is -2.27. The lowest BCUT2D eigenvalue weighted by atomic mass is 10.2. The number of carbonyl (C=O) groups is 1. The number of ether oxygens (including phenoxy) is 1. The zero-order valence-corrected chi connectivity index (χ0v) is 13.3. The molecule has 0 saturated carbocycles. The molecule has 6 nitrogen and oxygen atoms in total. The van der Waals surface area contributed by atoms with Crippen LogP contribution < -0.4 is 10.6 Å². The minimum atomic E-state index is -0.327. The van der Waals surface area contributed by atoms with Crippen LogP contribution in [0.3, 0.4) is 0 Å². The molecule has 0 aliphatic heterocycles. The number of aromatic nitrogens is 2. The largest absolute Gasteiger partial charge is 0.462 e. The van der Waals surface area contributed by atoms with E-state index in [0.29, 0.717) is 23.8 Å². The third-order valence-electron chi connectivity index (χ3n) is 2.87. The van der Waals surface area contributed by atoms with Crippen molar-refractivity contribution in [2.24, 2.45) is 7.05 Å². The minimum absolute atomic E-state index is 0.327. The van der Waals surface area contributed by atoms with Gasteiger partial charge in [-0.2, -0.15) is 5.10 Å². The molecule has 0 atom stereocenters. The molecular formula is C15H18N4O2S. The molecule has 116 valence electrons. The number of anilines is 1. The summed E-state index contributed by atoms with van der Waals surface area (Å²) in [5.74, 6) is -0.327. The first kappa shape index (κ1) is 16.0. The van der Waals surface area contributed by atoms with Crippen LogP contribution in [0, 0.1) is 0 Å². The van der Waals surface area contributed by atoms with E-state index in [2.05, 4.69) is 15.7 Å². The van der Waals surface area contributed by atoms with Crippen LogP contribution in [0.5, 0.6) is 0 Å². The van der Waals surface area contributed by atoms with E-state index in [1.54, 1.807) is 42.1 Å². The Morgan fingerprint density at radius 3 is 2.68 bits per heavy atom. The Kier molecular flexibility index (Phi) is 5.48. The number of hydrogen-bond acceptors (Lipinski definition) is 4. The molecule has 0 aliphatic rings. The van der Waals surface area contributed by atoms with Gasteiger partial charge < -0.3 is 15.4 Å². The minimum Gasteiger partial charge on any atom is -0.462 e. The first-order chi connectivity index (χ1) is 10.6. The smallest absolute Gasteiger partial charge is 0.338 e. The Hall–Kier alpha value is -2.41. The molecule has 7 heteroatoms. The highest BCUT2D eigenvalue weighted by Crippen LogP contribution is 2.10. The van der Waals surface area contributed by atoms with Gasteiger partial charge in [-0.15, -0.1) is 0 Å². The highest BCUT2D eigenvalue weighted by Gasteiger charge is 2.06. The highest BCUT2D eigenvalue weighted by molar-refractivity contribution is 7.80. The van der Waals surface area contributed by atoms with Gasteiger partial charge in [-0.3, -0.25) is 4.68 Å². The fourth-order valence-corrected chi connectivity index (χ4v) is 2.01. The van der Waals surface area contributed by atoms with Crippen LogP contribution in [0.4, 0.5) is 5.69 Å². The average Bonchev–Trinajstić information content (AvgIpc) is 2.92. The van der Waals surface area contributed by atoms with Gasteiger partial charge in [-0.25, -0.2) is 4.79 Å². The van der Waals surface area contributed by atoms with Crippen molar-refractivity contribution in [1.82, 2.24) is 15.1 Å². The van der Waals surface area contributed by atoms with E-state index in [0.717, 1.165) is 11.3 Å². The molecule has 2 N–H and O–H groups in total. The predicted molar refractivity (Wildman–Crippen MR) is 88.7 cm³/mol. The number of esters is 1. The SMILES string of the molecule is CCOC(=O)c1ccc(NC(=S)NCc2cnn(C)c2)cc1. The molecule has 0 fully saturated rings. The molecule has 0 saturated heterocycles. The van der Waals surface area contributed by atoms with Crippen LogP contribution in [0.15, 0.2) is 36.7 Å². The summed E-state index contributed by atoms with van der Waals surface area (Å²) in [6.07, 6.45) is 3.70. The van der Waals surface area contributed by atoms with Crippen molar-refractivity contribution in [3.63, 3.8) is 0 Å². The molecule has 0 radical (unpaired) electrons. The Labute approximate surface area is 134 Å². The summed E-state index contributed by atoms with van der Waals surface area (Å²) in [4.78, 5) is 11.6. The first-order valence-corrected chi connectivity index (χ1v) is 7.29. The van der Waals surface area contributed by atoms with E-state index in [-0.39, 0.29) is 5.97 Å². The van der Waals surface area contributed by atoms with Crippen molar-refractivity contribution in [1.29, 1.82) is 0 Å². The molecule has 22 heavy (non-hydrogen) atoms. The van der Waals surface area contributed by atoms with Gasteiger partial charge in [-0.05, 0) is 43.4 Å². The summed E-state index contributed by atoms with van der Waals surface area (Å²) >= 11 is 5.23. The zero-order valence-electron chi connectivity index (χ0n) is 12.5. The second-order valence-corrected chi connectivity index (χ2v) is 5.04. The Morgan fingerprint density at radius 2 is 2.09 bits per heavy atom. The summed E-state index contributed by atoms with van der Waals surface area (Å²) in [5.41, 5.74) is 2.36. The Balaban J connectivity index is 1.85. The maximum atomic E-state index is 11.6. The van der Waals surface area contributed by atoms with E-state index in [4.69, 9.17) is 17.0 Å². The maximum absolute atomic E-state index is 11.6. The number of nitrogens with one attached hydrogen (secondary N) is 2. The van der Waals surface area contributed by atoms with Gasteiger partial charge >= 0.3 is 5.97 Å². The highest BCUT2D eigenvalue weighted by atomic mass is 32.1. The number of carbonyl (C=O) groups excluding carboxylic acids is 1. The summed E-state index contributed by atoms with van der Waals surface area (Å²) in [6, 6.07) is 6.96. The van der Waals surface area contributed by atoms with Crippen molar-refractivity contribution in [3.05, 3.63) is 47.8 Å². The molecule has 0 unspecified atom stereocenters. The quantitative estimate of drug-likeness (QED) is 0.650. The van der Waals surface area contributed by atoms with Crippen LogP contribution in [0.1, 0.15) is 22.8 Å². The molecule has 1 aromatic carbocycles. The van der Waals surface area contributed by atoms with Gasteiger partial charge in [0.15, 0.2) is 5.11 Å². The van der Waals surface area contributed by atoms with Crippen molar-refractivity contribution in [3.8, 4) is 0 Å². The van der Waals surface area contributed by atoms with Gasteiger partial charge in [0.2, 0.25) is 0 Å². The molecule has 0 aliphatic carbocycles. The van der Waals surface area contributed by atoms with Gasteiger partial charge in [0.25, 0.3) is 0 Å². The summed E-state index contributed by atoms with van der Waals surface area (Å²) in [6.45, 7) is 2.74. The van der Waals surface area contributed by atoms with E-state index < -0.39 is 0 Å². The van der Waals surface area contributed by atoms with Crippen LogP contribution in [0.2, 0.25) is 0 Å². The second kappa shape index (κ2) is 7.56. The van der Waals surface area contributed by atoms with E-state index in [1.807, 2.05) is 13.2 Å². The molecule has 2 aromatic rings. The maximum Gasteiger partial charge on any atom is 0.338 e. The average molecular weight is 318 g/mol. The molecule has 1 heterocycles. The number of benzene rings is 1. The molecule has 0 amide bonds. The topological polar surface area (TPSA) is 68.2 Å². The number of thiocarbonyl (C=S) groups is 1. The van der Waals surface area contributed by atoms with Crippen molar-refractivity contribution < 1.29 is 9.53 Å². The van der Waals surface area contributed by atoms with Gasteiger partial charge in [0.05, 0.1) is 18.4 Å². The van der Waals surface area contributed by atoms with Crippen LogP contribution in [-0.2, 0) is 18.3 Å². The lowest BCUT2D eigenvalue weighted by Gasteiger charge is -2.10. The summed E-state index contributed by atoms with van der Waals surface area (Å²) < 4.78 is 6.67. The van der Waals surface area contributed by atoms with Gasteiger partial charge in [-0.1, -0.05) is 0 Å². The molecule has 1 aromatic heterocycles. The summed E-state index contributed by atoms with van der Waals surface area (Å²) in [5, 5.41) is 10.7. The van der Waals surface area contributed by atoms with E-state index in [1.165, 1.54) is 0 Å². The number of nitrogens with zero attached hydrogens (tertiary/aromatic N) is 2. The van der Waals surface area contributed by atoms with E-state index >= 15 is 0 Å². The Bertz CT molecular complexity index is 652. The molecule has 2 rings (SSSR count). The lowest BCUT2D eigenvalue weighted by molar-refractivity contribution is 0.0526. The van der Waals surface area contributed by atoms with Crippen LogP contribution in [-0.4, -0.2) is 27.5 Å². The van der Waals surface area contributed by atoms with Crippen LogP contribution >= 0.6 is 12.2 Å². The monoisotopic (exact) mass is 318 g/mol. The van der Waals surface area contributed by atoms with Gasteiger partial charge in [0.1, 0.15) is 0 Å². The van der Waals surface area contributed by atoms with Crippen molar-refractivity contribution in [2.75, 3.05) is 11.9 Å². The number of aryl methyl sites for hydroxylation is 1. The molecular weight excluding hydrogens is 300 g/mol. The second-order valence-electron chi connectivity index (χ2n) is 4.63. The predicted octanol–water partition coefficient (Wildman–Crippen LogP) is 2.08. The van der Waals surface area contributed by atoms with Crippen molar-refractivity contribution in [2.45, 2.75) is 13.5 Å². The number of rotatable bonds is 5. The fourth-order valence-electron chi connectivity index (χ4n) is 1.82. The first-order valence-electron chi connectivity index (χ1n) is 6.88. The van der Waals surface area contributed by atoms with Crippen LogP contribution in [0.25, 0.3) is 0 Å². The zero-order chi connectivity index (χ0) is 15.9. The summed E-state index contributed by atoms with van der Waals surface area (Å²) in [7, 11) is 1.87. The molecule has 0 bridgehead atoms. The Morgan fingerprint density at radius 1 is 1.36 bits per heavy atom. The van der Waals surface area contributed by atoms with Gasteiger partial charge in [0, 0.05) is 31.0 Å². The third kappa shape index (κ3) is 4.56. The fraction of sp³-hybridized carbons (Fsp3) is 0.267. The standard InChI is InChI=1S/C15H18N4O2S/c1-3-21-14(20)12-4-6-13(7-5-12)18-15(22)16-8-11-9-17-19(2)10-11/h4-7,9-10H,3,8H2,1-2H3,(H2,16,18,22). The van der Waals surface area contributed by atoms with E-state index in [9.17, 15) is 4.79 Å².